The molecule has 0 saturated carbocycles. The van der Waals surface area contributed by atoms with Crippen molar-refractivity contribution >= 4 is 0 Å². The van der Waals surface area contributed by atoms with Gasteiger partial charge in [-0.2, -0.15) is 0 Å². The SMILES string of the molecule is COc1cc(C)ccc1OCC[NH+]1CCCC(C)C1. The van der Waals surface area contributed by atoms with E-state index in [9.17, 15) is 0 Å². The Bertz CT molecular complexity index is 406. The highest BCUT2D eigenvalue weighted by Crippen LogP contribution is 2.27. The second kappa shape index (κ2) is 6.80. The molecule has 0 aliphatic carbocycles. The summed E-state index contributed by atoms with van der Waals surface area (Å²) in [5.41, 5.74) is 1.19. The number of methoxy groups -OCH3 is 1. The van der Waals surface area contributed by atoms with Gasteiger partial charge in [-0.1, -0.05) is 13.0 Å². The molecule has 0 spiro atoms. The van der Waals surface area contributed by atoms with Crippen molar-refractivity contribution in [1.29, 1.82) is 0 Å². The molecule has 1 fully saturated rings. The lowest BCUT2D eigenvalue weighted by Crippen LogP contribution is -3.14. The largest absolute Gasteiger partial charge is 0.493 e. The van der Waals surface area contributed by atoms with E-state index in [1.165, 1.54) is 31.5 Å². The normalized spacial score (nSPS) is 23.1. The summed E-state index contributed by atoms with van der Waals surface area (Å²) in [5, 5.41) is 0. The molecule has 3 heteroatoms. The molecule has 1 aromatic carbocycles. The fourth-order valence-electron chi connectivity index (χ4n) is 2.82. The van der Waals surface area contributed by atoms with Crippen LogP contribution < -0.4 is 14.4 Å². The summed E-state index contributed by atoms with van der Waals surface area (Å²) < 4.78 is 11.2. The maximum absolute atomic E-state index is 5.88. The lowest BCUT2D eigenvalue weighted by molar-refractivity contribution is -0.908. The second-order valence-corrected chi connectivity index (χ2v) is 5.70. The Balaban J connectivity index is 1.82. The quantitative estimate of drug-likeness (QED) is 0.875. The summed E-state index contributed by atoms with van der Waals surface area (Å²) in [5.74, 6) is 2.55. The van der Waals surface area contributed by atoms with Crippen molar-refractivity contribution in [2.24, 2.45) is 5.92 Å². The minimum absolute atomic E-state index is 0.765. The van der Waals surface area contributed by atoms with Crippen LogP contribution in [0.4, 0.5) is 0 Å². The van der Waals surface area contributed by atoms with E-state index in [-0.39, 0.29) is 0 Å². The van der Waals surface area contributed by atoms with Crippen LogP contribution in [0.25, 0.3) is 0 Å². The van der Waals surface area contributed by atoms with E-state index >= 15 is 0 Å². The van der Waals surface area contributed by atoms with Gasteiger partial charge in [0.05, 0.1) is 20.2 Å². The summed E-state index contributed by atoms with van der Waals surface area (Å²) in [4.78, 5) is 1.67. The predicted octanol–water partition coefficient (Wildman–Crippen LogP) is 1.70. The molecule has 0 bridgehead atoms. The molecule has 1 saturated heterocycles. The van der Waals surface area contributed by atoms with E-state index in [4.69, 9.17) is 9.47 Å². The Morgan fingerprint density at radius 1 is 1.32 bits per heavy atom. The number of piperidine rings is 1. The predicted molar refractivity (Wildman–Crippen MR) is 77.2 cm³/mol. The monoisotopic (exact) mass is 264 g/mol. The molecule has 0 amide bonds. The van der Waals surface area contributed by atoms with Gasteiger partial charge >= 0.3 is 0 Å². The summed E-state index contributed by atoms with van der Waals surface area (Å²) in [6, 6.07) is 6.08. The van der Waals surface area contributed by atoms with Gasteiger partial charge in [0.25, 0.3) is 0 Å². The molecule has 1 aliphatic heterocycles. The molecule has 2 unspecified atom stereocenters. The van der Waals surface area contributed by atoms with Crippen LogP contribution >= 0.6 is 0 Å². The summed E-state index contributed by atoms with van der Waals surface area (Å²) in [6.45, 7) is 8.84. The van der Waals surface area contributed by atoms with E-state index in [1.54, 1.807) is 12.0 Å². The van der Waals surface area contributed by atoms with E-state index in [2.05, 4.69) is 19.9 Å². The summed E-state index contributed by atoms with van der Waals surface area (Å²) in [7, 11) is 1.69. The van der Waals surface area contributed by atoms with Crippen LogP contribution in [0.3, 0.4) is 0 Å². The minimum atomic E-state index is 0.765. The third-order valence-electron chi connectivity index (χ3n) is 3.90. The number of hydrogen-bond acceptors (Lipinski definition) is 2. The van der Waals surface area contributed by atoms with Gasteiger partial charge in [-0.25, -0.2) is 0 Å². The van der Waals surface area contributed by atoms with Gasteiger partial charge in [0.1, 0.15) is 13.2 Å². The van der Waals surface area contributed by atoms with Crippen LogP contribution in [-0.2, 0) is 0 Å². The van der Waals surface area contributed by atoms with Gasteiger partial charge in [-0.05, 0) is 37.5 Å². The summed E-state index contributed by atoms with van der Waals surface area (Å²) in [6.07, 6.45) is 2.74. The van der Waals surface area contributed by atoms with Crippen molar-refractivity contribution in [3.8, 4) is 11.5 Å². The lowest BCUT2D eigenvalue weighted by Gasteiger charge is -2.27. The van der Waals surface area contributed by atoms with Crippen molar-refractivity contribution in [3.63, 3.8) is 0 Å². The van der Waals surface area contributed by atoms with Gasteiger partial charge < -0.3 is 14.4 Å². The third-order valence-corrected chi connectivity index (χ3v) is 3.90. The topological polar surface area (TPSA) is 22.9 Å². The molecule has 2 atom stereocenters. The fraction of sp³-hybridized carbons (Fsp3) is 0.625. The van der Waals surface area contributed by atoms with Crippen molar-refractivity contribution < 1.29 is 14.4 Å². The van der Waals surface area contributed by atoms with Crippen molar-refractivity contribution in [1.82, 2.24) is 0 Å². The molecule has 1 N–H and O–H groups in total. The standard InChI is InChI=1S/C16H25NO2/c1-13-6-7-15(16(11-13)18-3)19-10-9-17-8-4-5-14(2)12-17/h6-7,11,14H,4-5,8-10,12H2,1-3H3/p+1. The molecule has 0 aromatic heterocycles. The number of ether oxygens (including phenoxy) is 2. The average molecular weight is 264 g/mol. The van der Waals surface area contributed by atoms with Gasteiger partial charge in [0, 0.05) is 5.92 Å². The number of quaternary nitrogens is 1. The zero-order valence-electron chi connectivity index (χ0n) is 12.4. The fourth-order valence-corrected chi connectivity index (χ4v) is 2.82. The molecular formula is C16H26NO2+. The van der Waals surface area contributed by atoms with Crippen molar-refractivity contribution in [2.45, 2.75) is 26.7 Å². The van der Waals surface area contributed by atoms with Crippen LogP contribution in [0.2, 0.25) is 0 Å². The van der Waals surface area contributed by atoms with Gasteiger partial charge in [-0.15, -0.1) is 0 Å². The smallest absolute Gasteiger partial charge is 0.161 e. The van der Waals surface area contributed by atoms with E-state index in [1.807, 2.05) is 12.1 Å². The highest BCUT2D eigenvalue weighted by molar-refractivity contribution is 5.42. The van der Waals surface area contributed by atoms with Crippen molar-refractivity contribution in [2.75, 3.05) is 33.4 Å². The Morgan fingerprint density at radius 2 is 2.16 bits per heavy atom. The van der Waals surface area contributed by atoms with Crippen LogP contribution in [0.1, 0.15) is 25.3 Å². The molecule has 1 aromatic rings. The first-order valence-corrected chi connectivity index (χ1v) is 7.30. The van der Waals surface area contributed by atoms with Crippen LogP contribution in [-0.4, -0.2) is 33.4 Å². The summed E-state index contributed by atoms with van der Waals surface area (Å²) >= 11 is 0. The first-order valence-electron chi connectivity index (χ1n) is 7.30. The third kappa shape index (κ3) is 4.13. The van der Waals surface area contributed by atoms with Gasteiger partial charge in [0.15, 0.2) is 11.5 Å². The number of aryl methyl sites for hydroxylation is 1. The van der Waals surface area contributed by atoms with Crippen molar-refractivity contribution in [3.05, 3.63) is 23.8 Å². The maximum Gasteiger partial charge on any atom is 0.161 e. The molecular weight excluding hydrogens is 238 g/mol. The molecule has 2 rings (SSSR count). The molecule has 19 heavy (non-hydrogen) atoms. The minimum Gasteiger partial charge on any atom is -0.493 e. The zero-order chi connectivity index (χ0) is 13.7. The van der Waals surface area contributed by atoms with Crippen LogP contribution in [0, 0.1) is 12.8 Å². The Labute approximate surface area is 116 Å². The molecule has 1 heterocycles. The molecule has 1 aliphatic rings. The average Bonchev–Trinajstić information content (AvgIpc) is 2.40. The number of rotatable bonds is 5. The molecule has 3 nitrogen and oxygen atoms in total. The molecule has 0 radical (unpaired) electrons. The molecule has 106 valence electrons. The Morgan fingerprint density at radius 3 is 2.89 bits per heavy atom. The highest BCUT2D eigenvalue weighted by Gasteiger charge is 2.19. The first kappa shape index (κ1) is 14.2. The Hall–Kier alpha value is -1.22. The number of nitrogens with one attached hydrogen (secondary N) is 1. The maximum atomic E-state index is 5.88. The lowest BCUT2D eigenvalue weighted by atomic mass is 10.0. The second-order valence-electron chi connectivity index (χ2n) is 5.70. The zero-order valence-corrected chi connectivity index (χ0v) is 12.4. The van der Waals surface area contributed by atoms with E-state index in [0.717, 1.165) is 30.6 Å². The van der Waals surface area contributed by atoms with Gasteiger partial charge in [-0.3, -0.25) is 0 Å². The van der Waals surface area contributed by atoms with E-state index in [0.29, 0.717) is 0 Å². The number of hydrogen-bond donors (Lipinski definition) is 1. The number of benzene rings is 1. The first-order chi connectivity index (χ1) is 9.19. The highest BCUT2D eigenvalue weighted by atomic mass is 16.5. The van der Waals surface area contributed by atoms with Crippen LogP contribution in [0.15, 0.2) is 18.2 Å². The van der Waals surface area contributed by atoms with Gasteiger partial charge in [0.2, 0.25) is 0 Å². The van der Waals surface area contributed by atoms with Crippen LogP contribution in [0.5, 0.6) is 11.5 Å². The number of likely N-dealkylation sites (tertiary alicyclic amines) is 1. The van der Waals surface area contributed by atoms with E-state index < -0.39 is 0 Å². The Kier molecular flexibility index (Phi) is 5.08.